The van der Waals surface area contributed by atoms with Gasteiger partial charge in [-0.1, -0.05) is 0 Å². The molecule has 0 heterocycles. The molecule has 0 fully saturated rings. The molecule has 0 rings (SSSR count). The third-order valence-electron chi connectivity index (χ3n) is 1.56. The number of nitrogens with two attached hydrogens (primary N) is 1. The molecular formula is C7H17N3OS. The van der Waals surface area contributed by atoms with Crippen molar-refractivity contribution < 1.29 is 4.79 Å². The van der Waals surface area contributed by atoms with Gasteiger partial charge in [-0.25, -0.2) is 5.84 Å². The second kappa shape index (κ2) is 7.39. The standard InChI is InChI=1S/C7H17N3OS/c1-10(5-6-12-2)4-3-7(11)9-8/h3-6,8H2,1-2H3,(H,9,11). The third kappa shape index (κ3) is 6.45. The van der Waals surface area contributed by atoms with Gasteiger partial charge in [0.15, 0.2) is 0 Å². The number of hydrogen-bond donors (Lipinski definition) is 2. The fourth-order valence-electron chi connectivity index (χ4n) is 0.724. The molecule has 4 nitrogen and oxygen atoms in total. The van der Waals surface area contributed by atoms with Gasteiger partial charge in [0.2, 0.25) is 5.91 Å². The number of carbonyl (C=O) groups is 1. The minimum absolute atomic E-state index is 0.106. The molecule has 0 aromatic heterocycles. The van der Waals surface area contributed by atoms with Crippen molar-refractivity contribution in [2.75, 3.05) is 32.1 Å². The Morgan fingerprint density at radius 1 is 1.58 bits per heavy atom. The molecule has 0 spiro atoms. The molecule has 0 saturated heterocycles. The van der Waals surface area contributed by atoms with E-state index in [4.69, 9.17) is 5.84 Å². The largest absolute Gasteiger partial charge is 0.305 e. The van der Waals surface area contributed by atoms with Crippen LogP contribution in [-0.4, -0.2) is 43.0 Å². The minimum Gasteiger partial charge on any atom is -0.305 e. The molecule has 12 heavy (non-hydrogen) atoms. The molecular weight excluding hydrogens is 174 g/mol. The van der Waals surface area contributed by atoms with Gasteiger partial charge in [0.05, 0.1) is 0 Å². The number of thioether (sulfide) groups is 1. The summed E-state index contributed by atoms with van der Waals surface area (Å²) >= 11 is 1.80. The van der Waals surface area contributed by atoms with Crippen molar-refractivity contribution in [3.05, 3.63) is 0 Å². The van der Waals surface area contributed by atoms with E-state index in [0.717, 1.165) is 18.8 Å². The van der Waals surface area contributed by atoms with Gasteiger partial charge in [-0.05, 0) is 13.3 Å². The zero-order chi connectivity index (χ0) is 9.40. The Bertz CT molecular complexity index is 132. The molecule has 5 heteroatoms. The second-order valence-corrected chi connectivity index (χ2v) is 3.60. The lowest BCUT2D eigenvalue weighted by atomic mass is 10.4. The maximum atomic E-state index is 10.7. The SMILES string of the molecule is CSCCN(C)CCC(=O)NN. The number of hydrazine groups is 1. The highest BCUT2D eigenvalue weighted by atomic mass is 32.2. The van der Waals surface area contributed by atoms with Gasteiger partial charge in [-0.3, -0.25) is 10.2 Å². The number of amides is 1. The molecule has 3 N–H and O–H groups in total. The lowest BCUT2D eigenvalue weighted by Gasteiger charge is -2.14. The Hall–Kier alpha value is -0.260. The van der Waals surface area contributed by atoms with E-state index in [9.17, 15) is 4.79 Å². The zero-order valence-electron chi connectivity index (χ0n) is 7.67. The predicted molar refractivity (Wildman–Crippen MR) is 52.8 cm³/mol. The first-order valence-corrected chi connectivity index (χ1v) is 5.27. The number of nitrogens with zero attached hydrogens (tertiary/aromatic N) is 1. The van der Waals surface area contributed by atoms with Crippen molar-refractivity contribution in [3.8, 4) is 0 Å². The molecule has 0 atom stereocenters. The van der Waals surface area contributed by atoms with Gasteiger partial charge >= 0.3 is 0 Å². The first-order chi connectivity index (χ1) is 5.70. The van der Waals surface area contributed by atoms with Gasteiger partial charge in [0, 0.05) is 25.3 Å². The summed E-state index contributed by atoms with van der Waals surface area (Å²) in [5.41, 5.74) is 2.11. The Morgan fingerprint density at radius 3 is 2.75 bits per heavy atom. The fourth-order valence-corrected chi connectivity index (χ4v) is 1.22. The molecule has 72 valence electrons. The van der Waals surface area contributed by atoms with Gasteiger partial charge in [-0.15, -0.1) is 0 Å². The number of hydrogen-bond acceptors (Lipinski definition) is 4. The van der Waals surface area contributed by atoms with Crippen molar-refractivity contribution in [1.82, 2.24) is 10.3 Å². The topological polar surface area (TPSA) is 58.4 Å². The summed E-state index contributed by atoms with van der Waals surface area (Å²) in [7, 11) is 2.00. The molecule has 0 aromatic carbocycles. The van der Waals surface area contributed by atoms with Gasteiger partial charge in [0.25, 0.3) is 0 Å². The van der Waals surface area contributed by atoms with Crippen LogP contribution >= 0.6 is 11.8 Å². The van der Waals surface area contributed by atoms with E-state index in [-0.39, 0.29) is 5.91 Å². The van der Waals surface area contributed by atoms with E-state index in [1.807, 2.05) is 7.05 Å². The summed E-state index contributed by atoms with van der Waals surface area (Å²) in [6.45, 7) is 1.78. The molecule has 0 saturated carbocycles. The fraction of sp³-hybridized carbons (Fsp3) is 0.857. The van der Waals surface area contributed by atoms with Crippen LogP contribution in [0.5, 0.6) is 0 Å². The first-order valence-electron chi connectivity index (χ1n) is 3.87. The number of carbonyl (C=O) groups excluding carboxylic acids is 1. The van der Waals surface area contributed by atoms with Crippen molar-refractivity contribution in [2.45, 2.75) is 6.42 Å². The summed E-state index contributed by atoms with van der Waals surface area (Å²) < 4.78 is 0. The van der Waals surface area contributed by atoms with E-state index in [0.29, 0.717) is 6.42 Å². The monoisotopic (exact) mass is 191 g/mol. The molecule has 1 amide bonds. The summed E-state index contributed by atoms with van der Waals surface area (Å²) in [6.07, 6.45) is 2.54. The maximum Gasteiger partial charge on any atom is 0.235 e. The van der Waals surface area contributed by atoms with Gasteiger partial charge in [-0.2, -0.15) is 11.8 Å². The molecule has 0 radical (unpaired) electrons. The van der Waals surface area contributed by atoms with E-state index in [2.05, 4.69) is 16.6 Å². The summed E-state index contributed by atoms with van der Waals surface area (Å²) in [5, 5.41) is 0. The Labute approximate surface area is 77.8 Å². The van der Waals surface area contributed by atoms with Gasteiger partial charge < -0.3 is 4.90 Å². The van der Waals surface area contributed by atoms with E-state index < -0.39 is 0 Å². The van der Waals surface area contributed by atoms with Crippen molar-refractivity contribution >= 4 is 17.7 Å². The van der Waals surface area contributed by atoms with Crippen LogP contribution in [0.4, 0.5) is 0 Å². The minimum atomic E-state index is -0.106. The van der Waals surface area contributed by atoms with Crippen molar-refractivity contribution in [3.63, 3.8) is 0 Å². The van der Waals surface area contributed by atoms with E-state index >= 15 is 0 Å². The van der Waals surface area contributed by atoms with Gasteiger partial charge in [0.1, 0.15) is 0 Å². The highest BCUT2D eigenvalue weighted by Gasteiger charge is 2.01. The number of nitrogens with one attached hydrogen (secondary N) is 1. The van der Waals surface area contributed by atoms with Crippen LogP contribution in [0.1, 0.15) is 6.42 Å². The van der Waals surface area contributed by atoms with Crippen LogP contribution in [0.25, 0.3) is 0 Å². The van der Waals surface area contributed by atoms with Crippen LogP contribution in [0.2, 0.25) is 0 Å². The zero-order valence-corrected chi connectivity index (χ0v) is 8.49. The van der Waals surface area contributed by atoms with Crippen LogP contribution < -0.4 is 11.3 Å². The maximum absolute atomic E-state index is 10.7. The normalized spacial score (nSPS) is 10.3. The second-order valence-electron chi connectivity index (χ2n) is 2.61. The molecule has 0 aliphatic heterocycles. The predicted octanol–water partition coefficient (Wildman–Crippen LogP) is -0.339. The first kappa shape index (κ1) is 11.7. The Balaban J connectivity index is 3.30. The van der Waals surface area contributed by atoms with E-state index in [1.54, 1.807) is 11.8 Å². The smallest absolute Gasteiger partial charge is 0.235 e. The van der Waals surface area contributed by atoms with Crippen LogP contribution in [0.3, 0.4) is 0 Å². The summed E-state index contributed by atoms with van der Waals surface area (Å²) in [6, 6.07) is 0. The average Bonchev–Trinajstić information content (AvgIpc) is 2.10. The molecule has 0 aliphatic rings. The average molecular weight is 191 g/mol. The molecule has 0 aromatic rings. The van der Waals surface area contributed by atoms with Crippen LogP contribution in [-0.2, 0) is 4.79 Å². The lowest BCUT2D eigenvalue weighted by Crippen LogP contribution is -2.33. The summed E-state index contributed by atoms with van der Waals surface area (Å²) in [4.78, 5) is 12.8. The Morgan fingerprint density at radius 2 is 2.25 bits per heavy atom. The highest BCUT2D eigenvalue weighted by molar-refractivity contribution is 7.98. The number of rotatable bonds is 6. The van der Waals surface area contributed by atoms with Crippen LogP contribution in [0, 0.1) is 0 Å². The van der Waals surface area contributed by atoms with Crippen LogP contribution in [0.15, 0.2) is 0 Å². The molecule has 0 aliphatic carbocycles. The molecule has 0 bridgehead atoms. The Kier molecular flexibility index (Phi) is 7.23. The highest BCUT2D eigenvalue weighted by Crippen LogP contribution is 1.94. The van der Waals surface area contributed by atoms with E-state index in [1.165, 1.54) is 0 Å². The van der Waals surface area contributed by atoms with Crippen molar-refractivity contribution in [2.24, 2.45) is 5.84 Å². The molecule has 0 unspecified atom stereocenters. The third-order valence-corrected chi connectivity index (χ3v) is 2.15. The van der Waals surface area contributed by atoms with Crippen molar-refractivity contribution in [1.29, 1.82) is 0 Å². The quantitative estimate of drug-likeness (QED) is 0.343. The summed E-state index contributed by atoms with van der Waals surface area (Å²) in [5.74, 6) is 5.93. The lowest BCUT2D eigenvalue weighted by molar-refractivity contribution is -0.121.